The van der Waals surface area contributed by atoms with Gasteiger partial charge in [0, 0.05) is 6.08 Å². The predicted molar refractivity (Wildman–Crippen MR) is 98.9 cm³/mol. The number of rotatable bonds is 4. The van der Waals surface area contributed by atoms with Crippen LogP contribution in [0.1, 0.15) is 29.7 Å². The number of hydrogen-bond acceptors (Lipinski definition) is 2. The topological polar surface area (TPSA) is 41.1 Å². The molecule has 118 valence electrons. The molecule has 0 fully saturated rings. The van der Waals surface area contributed by atoms with E-state index in [0.717, 1.165) is 11.1 Å². The van der Waals surface area contributed by atoms with E-state index >= 15 is 0 Å². The summed E-state index contributed by atoms with van der Waals surface area (Å²) in [6, 6.07) is 17.9. The average molecular weight is 324 g/mol. The van der Waals surface area contributed by atoms with Crippen molar-refractivity contribution in [2.45, 2.75) is 19.9 Å². The van der Waals surface area contributed by atoms with Crippen molar-refractivity contribution in [1.29, 1.82) is 0 Å². The second-order valence-electron chi connectivity index (χ2n) is 5.34. The maximum atomic E-state index is 11.9. The molecule has 2 aromatic rings. The van der Waals surface area contributed by atoms with Crippen molar-refractivity contribution in [3.8, 4) is 0 Å². The van der Waals surface area contributed by atoms with E-state index in [1.807, 2.05) is 68.4 Å². The molecule has 23 heavy (non-hydrogen) atoms. The summed E-state index contributed by atoms with van der Waals surface area (Å²) in [5, 5.41) is 6.07. The molecule has 0 saturated carbocycles. The Balaban J connectivity index is 1.85. The molecular formula is C19H20N2OS. The number of aryl methyl sites for hydroxylation is 1. The molecule has 0 aromatic heterocycles. The minimum absolute atomic E-state index is 0.0325. The number of thiocarbonyl (C=S) groups is 1. The van der Waals surface area contributed by atoms with Gasteiger partial charge in [0.1, 0.15) is 0 Å². The zero-order valence-corrected chi connectivity index (χ0v) is 14.1. The van der Waals surface area contributed by atoms with Crippen LogP contribution in [0, 0.1) is 6.92 Å². The summed E-state index contributed by atoms with van der Waals surface area (Å²) in [5.41, 5.74) is 3.27. The van der Waals surface area contributed by atoms with Crippen molar-refractivity contribution < 1.29 is 4.79 Å². The van der Waals surface area contributed by atoms with Gasteiger partial charge in [-0.05, 0) is 43.3 Å². The van der Waals surface area contributed by atoms with E-state index in [1.165, 1.54) is 11.6 Å². The maximum Gasteiger partial charge on any atom is 0.250 e. The van der Waals surface area contributed by atoms with E-state index in [4.69, 9.17) is 12.2 Å². The van der Waals surface area contributed by atoms with Crippen LogP contribution in [0.15, 0.2) is 60.7 Å². The number of amides is 1. The van der Waals surface area contributed by atoms with Crippen LogP contribution < -0.4 is 10.6 Å². The molecule has 0 radical (unpaired) electrons. The van der Waals surface area contributed by atoms with E-state index in [2.05, 4.69) is 10.6 Å². The molecule has 2 aromatic carbocycles. The molecule has 2 N–H and O–H groups in total. The van der Waals surface area contributed by atoms with Crippen molar-refractivity contribution in [1.82, 2.24) is 10.6 Å². The molecule has 0 aliphatic carbocycles. The van der Waals surface area contributed by atoms with Crippen molar-refractivity contribution in [3.05, 3.63) is 77.4 Å². The first-order valence-electron chi connectivity index (χ1n) is 7.46. The summed E-state index contributed by atoms with van der Waals surface area (Å²) in [5.74, 6) is -0.247. The number of carbonyl (C=O) groups is 1. The number of nitrogens with one attached hydrogen (secondary N) is 2. The number of hydrogen-bond donors (Lipinski definition) is 2. The highest BCUT2D eigenvalue weighted by molar-refractivity contribution is 7.80. The second kappa shape index (κ2) is 8.25. The summed E-state index contributed by atoms with van der Waals surface area (Å²) in [6.45, 7) is 4.02. The SMILES string of the molecule is Cc1ccc(C=CC(=O)NC(=S)NC(C)c2ccccc2)cc1. The quantitative estimate of drug-likeness (QED) is 0.664. The molecule has 4 heteroatoms. The van der Waals surface area contributed by atoms with Gasteiger partial charge in [0.15, 0.2) is 5.11 Å². The summed E-state index contributed by atoms with van der Waals surface area (Å²) < 4.78 is 0. The van der Waals surface area contributed by atoms with Gasteiger partial charge in [0.25, 0.3) is 0 Å². The van der Waals surface area contributed by atoms with Crippen molar-refractivity contribution >= 4 is 29.3 Å². The van der Waals surface area contributed by atoms with Crippen molar-refractivity contribution in [3.63, 3.8) is 0 Å². The fourth-order valence-electron chi connectivity index (χ4n) is 2.06. The van der Waals surface area contributed by atoms with Gasteiger partial charge >= 0.3 is 0 Å². The average Bonchev–Trinajstić information content (AvgIpc) is 2.55. The van der Waals surface area contributed by atoms with Gasteiger partial charge in [0.05, 0.1) is 6.04 Å². The highest BCUT2D eigenvalue weighted by atomic mass is 32.1. The fourth-order valence-corrected chi connectivity index (χ4v) is 2.34. The number of benzene rings is 2. The Labute approximate surface area is 142 Å². The lowest BCUT2D eigenvalue weighted by Crippen LogP contribution is -2.39. The van der Waals surface area contributed by atoms with Crippen LogP contribution in [0.5, 0.6) is 0 Å². The Morgan fingerprint density at radius 2 is 1.74 bits per heavy atom. The maximum absolute atomic E-state index is 11.9. The highest BCUT2D eigenvalue weighted by Crippen LogP contribution is 2.10. The summed E-state index contributed by atoms with van der Waals surface area (Å²) >= 11 is 5.18. The Hall–Kier alpha value is -2.46. The van der Waals surface area contributed by atoms with Gasteiger partial charge in [-0.15, -0.1) is 0 Å². The number of carbonyl (C=O) groups excluding carboxylic acids is 1. The van der Waals surface area contributed by atoms with Gasteiger partial charge in [-0.25, -0.2) is 0 Å². The van der Waals surface area contributed by atoms with Crippen LogP contribution >= 0.6 is 12.2 Å². The molecule has 1 unspecified atom stereocenters. The van der Waals surface area contributed by atoms with E-state index in [0.29, 0.717) is 5.11 Å². The van der Waals surface area contributed by atoms with Crippen LogP contribution in [0.2, 0.25) is 0 Å². The summed E-state index contributed by atoms with van der Waals surface area (Å²) in [4.78, 5) is 11.9. The molecule has 0 heterocycles. The van der Waals surface area contributed by atoms with Gasteiger partial charge < -0.3 is 5.32 Å². The first-order chi connectivity index (χ1) is 11.0. The molecular weight excluding hydrogens is 304 g/mol. The molecule has 3 nitrogen and oxygen atoms in total. The van der Waals surface area contributed by atoms with E-state index in [1.54, 1.807) is 6.08 Å². The molecule has 0 bridgehead atoms. The van der Waals surface area contributed by atoms with E-state index in [9.17, 15) is 4.79 Å². The predicted octanol–water partition coefficient (Wildman–Crippen LogP) is 3.76. The molecule has 1 amide bonds. The zero-order chi connectivity index (χ0) is 16.7. The largest absolute Gasteiger partial charge is 0.356 e. The van der Waals surface area contributed by atoms with E-state index < -0.39 is 0 Å². The van der Waals surface area contributed by atoms with Gasteiger partial charge in [-0.2, -0.15) is 0 Å². The van der Waals surface area contributed by atoms with Crippen molar-refractivity contribution in [2.24, 2.45) is 0 Å². The minimum atomic E-state index is -0.247. The highest BCUT2D eigenvalue weighted by Gasteiger charge is 2.07. The Morgan fingerprint density at radius 1 is 1.09 bits per heavy atom. The lowest BCUT2D eigenvalue weighted by molar-refractivity contribution is -0.115. The van der Waals surface area contributed by atoms with Crippen LogP contribution in [0.4, 0.5) is 0 Å². The second-order valence-corrected chi connectivity index (χ2v) is 5.75. The molecule has 2 rings (SSSR count). The third-order valence-corrected chi connectivity index (χ3v) is 3.61. The van der Waals surface area contributed by atoms with Crippen molar-refractivity contribution in [2.75, 3.05) is 0 Å². The zero-order valence-electron chi connectivity index (χ0n) is 13.2. The normalized spacial score (nSPS) is 11.9. The molecule has 1 atom stereocenters. The summed E-state index contributed by atoms with van der Waals surface area (Å²) in [7, 11) is 0. The lowest BCUT2D eigenvalue weighted by Gasteiger charge is -2.16. The van der Waals surface area contributed by atoms with Crippen LogP contribution in [0.25, 0.3) is 6.08 Å². The third kappa shape index (κ3) is 5.68. The summed E-state index contributed by atoms with van der Waals surface area (Å²) in [6.07, 6.45) is 3.24. The lowest BCUT2D eigenvalue weighted by atomic mass is 10.1. The van der Waals surface area contributed by atoms with E-state index in [-0.39, 0.29) is 11.9 Å². The van der Waals surface area contributed by atoms with Gasteiger partial charge in [-0.3, -0.25) is 10.1 Å². The third-order valence-electron chi connectivity index (χ3n) is 3.39. The first-order valence-corrected chi connectivity index (χ1v) is 7.86. The van der Waals surface area contributed by atoms with Crippen LogP contribution in [0.3, 0.4) is 0 Å². The van der Waals surface area contributed by atoms with Gasteiger partial charge in [0.2, 0.25) is 5.91 Å². The Bertz CT molecular complexity index is 693. The van der Waals surface area contributed by atoms with Crippen LogP contribution in [-0.2, 0) is 4.79 Å². The minimum Gasteiger partial charge on any atom is -0.356 e. The molecule has 0 aliphatic heterocycles. The fraction of sp³-hybridized carbons (Fsp3) is 0.158. The van der Waals surface area contributed by atoms with Crippen LogP contribution in [-0.4, -0.2) is 11.0 Å². The monoisotopic (exact) mass is 324 g/mol. The molecule has 0 aliphatic rings. The standard InChI is InChI=1S/C19H20N2OS/c1-14-8-10-16(11-9-14)12-13-18(22)21-19(23)20-15(2)17-6-4-3-5-7-17/h3-13,15H,1-2H3,(H2,20,21,22,23). The Morgan fingerprint density at radius 3 is 2.39 bits per heavy atom. The molecule has 0 spiro atoms. The van der Waals surface area contributed by atoms with Gasteiger partial charge in [-0.1, -0.05) is 60.2 Å². The Kier molecular flexibility index (Phi) is 6.06. The first kappa shape index (κ1) is 16.9. The smallest absolute Gasteiger partial charge is 0.250 e. The molecule has 0 saturated heterocycles.